The molecule has 4 nitrogen and oxygen atoms in total. The highest BCUT2D eigenvalue weighted by molar-refractivity contribution is 6.31. The van der Waals surface area contributed by atoms with Gasteiger partial charge in [-0.3, -0.25) is 9.59 Å². The van der Waals surface area contributed by atoms with Crippen molar-refractivity contribution in [1.29, 1.82) is 0 Å². The van der Waals surface area contributed by atoms with Crippen LogP contribution in [-0.4, -0.2) is 29.8 Å². The minimum absolute atomic E-state index is 0.00448. The van der Waals surface area contributed by atoms with Gasteiger partial charge in [0.2, 0.25) is 11.8 Å². The molecule has 1 heterocycles. The summed E-state index contributed by atoms with van der Waals surface area (Å²) >= 11 is 5.99. The molecule has 1 saturated heterocycles. The van der Waals surface area contributed by atoms with E-state index in [0.29, 0.717) is 30.5 Å². The normalized spacial score (nSPS) is 15.5. The zero-order chi connectivity index (χ0) is 16.1. The summed E-state index contributed by atoms with van der Waals surface area (Å²) in [6, 6.07) is 5.50. The molecule has 22 heavy (non-hydrogen) atoms. The summed E-state index contributed by atoms with van der Waals surface area (Å²) in [6.07, 6.45) is 3.51. The number of amides is 2. The highest BCUT2D eigenvalue weighted by atomic mass is 35.5. The van der Waals surface area contributed by atoms with E-state index in [0.717, 1.165) is 24.1 Å². The zero-order valence-corrected chi connectivity index (χ0v) is 13.5. The highest BCUT2D eigenvalue weighted by Crippen LogP contribution is 2.23. The molecule has 1 aromatic rings. The Morgan fingerprint density at radius 3 is 2.64 bits per heavy atom. The number of rotatable bonds is 4. The summed E-state index contributed by atoms with van der Waals surface area (Å²) in [7, 11) is 0. The molecule has 0 bridgehead atoms. The maximum atomic E-state index is 12.1. The topological polar surface area (TPSA) is 49.4 Å². The fourth-order valence-corrected chi connectivity index (χ4v) is 3.06. The highest BCUT2D eigenvalue weighted by Gasteiger charge is 2.23. The van der Waals surface area contributed by atoms with E-state index in [2.05, 4.69) is 11.9 Å². The predicted molar refractivity (Wildman–Crippen MR) is 88.9 cm³/mol. The van der Waals surface area contributed by atoms with E-state index in [1.165, 1.54) is 6.08 Å². The lowest BCUT2D eigenvalue weighted by Gasteiger charge is -2.31. The molecule has 1 aliphatic rings. The third-order valence-electron chi connectivity index (χ3n) is 3.90. The number of nitrogens with zero attached hydrogens (tertiary/aromatic N) is 1. The Morgan fingerprint density at radius 1 is 1.36 bits per heavy atom. The standard InChI is InChI=1S/C17H21ClN2O2/c1-3-17(22)20-6-4-13(5-7-20)10-16(21)19-15-9-12(2)8-14(18)11-15/h3,8-9,11,13H,1,4-7,10H2,2H3,(H,19,21). The van der Waals surface area contributed by atoms with Crippen LogP contribution in [0.5, 0.6) is 0 Å². The third kappa shape index (κ3) is 4.60. The number of benzene rings is 1. The van der Waals surface area contributed by atoms with Gasteiger partial charge >= 0.3 is 0 Å². The molecule has 0 atom stereocenters. The molecular weight excluding hydrogens is 300 g/mol. The second kappa shape index (κ2) is 7.45. The van der Waals surface area contributed by atoms with E-state index in [1.807, 2.05) is 19.1 Å². The number of piperidine rings is 1. The molecule has 0 aliphatic carbocycles. The van der Waals surface area contributed by atoms with Crippen molar-refractivity contribution in [3.05, 3.63) is 41.4 Å². The Morgan fingerprint density at radius 2 is 2.05 bits per heavy atom. The number of hydrogen-bond donors (Lipinski definition) is 1. The molecular formula is C17H21ClN2O2. The Bertz CT molecular complexity index is 558. The van der Waals surface area contributed by atoms with Gasteiger partial charge in [0.25, 0.3) is 0 Å². The van der Waals surface area contributed by atoms with Gasteiger partial charge in [-0.25, -0.2) is 0 Å². The van der Waals surface area contributed by atoms with Crippen molar-refractivity contribution in [3.63, 3.8) is 0 Å². The Kier molecular flexibility index (Phi) is 5.61. The fourth-order valence-electron chi connectivity index (χ4n) is 2.77. The Labute approximate surface area is 136 Å². The summed E-state index contributed by atoms with van der Waals surface area (Å²) < 4.78 is 0. The van der Waals surface area contributed by atoms with Crippen LogP contribution in [0.1, 0.15) is 24.8 Å². The zero-order valence-electron chi connectivity index (χ0n) is 12.8. The maximum absolute atomic E-state index is 12.1. The van der Waals surface area contributed by atoms with Crippen LogP contribution in [0.2, 0.25) is 5.02 Å². The second-order valence-electron chi connectivity index (χ2n) is 5.74. The Balaban J connectivity index is 1.83. The van der Waals surface area contributed by atoms with Gasteiger partial charge in [-0.2, -0.15) is 0 Å². The summed E-state index contributed by atoms with van der Waals surface area (Å²) in [5.41, 5.74) is 1.74. The number of nitrogens with one attached hydrogen (secondary N) is 1. The number of hydrogen-bond acceptors (Lipinski definition) is 2. The smallest absolute Gasteiger partial charge is 0.245 e. The first-order chi connectivity index (χ1) is 10.5. The van der Waals surface area contributed by atoms with E-state index < -0.39 is 0 Å². The first-order valence-corrected chi connectivity index (χ1v) is 7.84. The van der Waals surface area contributed by atoms with Gasteiger partial charge in [0.05, 0.1) is 0 Å². The molecule has 0 saturated carbocycles. The van der Waals surface area contributed by atoms with Gasteiger partial charge in [0.1, 0.15) is 0 Å². The number of carbonyl (C=O) groups excluding carboxylic acids is 2. The molecule has 0 radical (unpaired) electrons. The van der Waals surface area contributed by atoms with Gasteiger partial charge in [0.15, 0.2) is 0 Å². The lowest BCUT2D eigenvalue weighted by Crippen LogP contribution is -2.38. The summed E-state index contributed by atoms with van der Waals surface area (Å²) in [4.78, 5) is 25.4. The summed E-state index contributed by atoms with van der Waals surface area (Å²) in [5, 5.41) is 3.51. The average Bonchev–Trinajstić information content (AvgIpc) is 2.46. The van der Waals surface area contributed by atoms with Crippen LogP contribution in [-0.2, 0) is 9.59 Å². The molecule has 0 aromatic heterocycles. The number of aryl methyl sites for hydroxylation is 1. The van der Waals surface area contributed by atoms with E-state index in [9.17, 15) is 9.59 Å². The molecule has 0 spiro atoms. The third-order valence-corrected chi connectivity index (χ3v) is 4.12. The first kappa shape index (κ1) is 16.6. The fraction of sp³-hybridized carbons (Fsp3) is 0.412. The van der Waals surface area contributed by atoms with E-state index in [1.54, 1.807) is 11.0 Å². The number of likely N-dealkylation sites (tertiary alicyclic amines) is 1. The molecule has 0 unspecified atom stereocenters. The molecule has 1 aromatic carbocycles. The van der Waals surface area contributed by atoms with Crippen molar-refractivity contribution in [2.24, 2.45) is 5.92 Å². The Hall–Kier alpha value is -1.81. The van der Waals surface area contributed by atoms with Crippen LogP contribution in [0.3, 0.4) is 0 Å². The van der Waals surface area contributed by atoms with Crippen molar-refractivity contribution >= 4 is 29.1 Å². The van der Waals surface area contributed by atoms with E-state index in [4.69, 9.17) is 11.6 Å². The van der Waals surface area contributed by atoms with Crippen LogP contribution >= 0.6 is 11.6 Å². The summed E-state index contributed by atoms with van der Waals surface area (Å²) in [5.74, 6) is 0.279. The quantitative estimate of drug-likeness (QED) is 0.864. The maximum Gasteiger partial charge on any atom is 0.245 e. The lowest BCUT2D eigenvalue weighted by molar-refractivity contribution is -0.127. The first-order valence-electron chi connectivity index (χ1n) is 7.46. The van der Waals surface area contributed by atoms with Gasteiger partial charge in [-0.05, 0) is 55.5 Å². The second-order valence-corrected chi connectivity index (χ2v) is 6.18. The van der Waals surface area contributed by atoms with Crippen LogP contribution in [0.15, 0.2) is 30.9 Å². The molecule has 5 heteroatoms. The number of anilines is 1. The van der Waals surface area contributed by atoms with Crippen LogP contribution in [0.25, 0.3) is 0 Å². The van der Waals surface area contributed by atoms with Gasteiger partial charge in [-0.1, -0.05) is 18.2 Å². The van der Waals surface area contributed by atoms with Crippen molar-refractivity contribution < 1.29 is 9.59 Å². The van der Waals surface area contributed by atoms with Crippen molar-refractivity contribution in [2.75, 3.05) is 18.4 Å². The molecule has 1 fully saturated rings. The minimum atomic E-state index is -0.0303. The monoisotopic (exact) mass is 320 g/mol. The van der Waals surface area contributed by atoms with Crippen molar-refractivity contribution in [2.45, 2.75) is 26.2 Å². The molecule has 2 rings (SSSR count). The van der Waals surface area contributed by atoms with Crippen molar-refractivity contribution in [1.82, 2.24) is 4.90 Å². The van der Waals surface area contributed by atoms with Crippen molar-refractivity contribution in [3.8, 4) is 0 Å². The molecule has 2 amide bonds. The largest absolute Gasteiger partial charge is 0.339 e. The number of halogens is 1. The predicted octanol–water partition coefficient (Wildman–Crippen LogP) is 3.40. The average molecular weight is 321 g/mol. The molecule has 1 aliphatic heterocycles. The SMILES string of the molecule is C=CC(=O)N1CCC(CC(=O)Nc2cc(C)cc(Cl)c2)CC1. The van der Waals surface area contributed by atoms with E-state index in [-0.39, 0.29) is 11.8 Å². The van der Waals surface area contributed by atoms with Crippen LogP contribution in [0.4, 0.5) is 5.69 Å². The number of carbonyl (C=O) groups is 2. The lowest BCUT2D eigenvalue weighted by atomic mass is 9.93. The molecule has 1 N–H and O–H groups in total. The van der Waals surface area contributed by atoms with Crippen LogP contribution < -0.4 is 5.32 Å². The summed E-state index contributed by atoms with van der Waals surface area (Å²) in [6.45, 7) is 6.82. The molecule has 118 valence electrons. The van der Waals surface area contributed by atoms with Crippen LogP contribution in [0, 0.1) is 12.8 Å². The van der Waals surface area contributed by atoms with E-state index >= 15 is 0 Å². The van der Waals surface area contributed by atoms with Gasteiger partial charge in [0, 0.05) is 30.2 Å². The minimum Gasteiger partial charge on any atom is -0.339 e. The van der Waals surface area contributed by atoms with Gasteiger partial charge < -0.3 is 10.2 Å². The van der Waals surface area contributed by atoms with Gasteiger partial charge in [-0.15, -0.1) is 0 Å².